The third-order valence-corrected chi connectivity index (χ3v) is 3.54. The van der Waals surface area contributed by atoms with Crippen LogP contribution in [-0.2, 0) is 0 Å². The Kier molecular flexibility index (Phi) is 2.92. The summed E-state index contributed by atoms with van der Waals surface area (Å²) in [6.07, 6.45) is 0. The standard InChI is InChI=1S/C12H15NS/c1-9(2)10-5-3-4-6-11(10)12-7-13-8-14-12/h3-6,8-9,12H,7H2,1-2H3. The SMILES string of the molecule is CC(C)c1ccccc1C1CN=CS1. The summed E-state index contributed by atoms with van der Waals surface area (Å²) in [7, 11) is 0. The summed E-state index contributed by atoms with van der Waals surface area (Å²) in [6.45, 7) is 5.44. The Bertz CT molecular complexity index is 336. The molecule has 1 aliphatic rings. The predicted octanol–water partition coefficient (Wildman–Crippen LogP) is 3.63. The van der Waals surface area contributed by atoms with Gasteiger partial charge in [0.2, 0.25) is 0 Å². The fourth-order valence-corrected chi connectivity index (χ4v) is 2.65. The smallest absolute Gasteiger partial charge is 0.0559 e. The Hall–Kier alpha value is -0.760. The van der Waals surface area contributed by atoms with E-state index in [1.807, 2.05) is 17.3 Å². The van der Waals surface area contributed by atoms with Crippen LogP contribution in [0, 0.1) is 0 Å². The van der Waals surface area contributed by atoms with Crippen molar-refractivity contribution in [1.29, 1.82) is 0 Å². The van der Waals surface area contributed by atoms with Gasteiger partial charge in [-0.3, -0.25) is 4.99 Å². The van der Waals surface area contributed by atoms with Crippen molar-refractivity contribution in [1.82, 2.24) is 0 Å². The van der Waals surface area contributed by atoms with Crippen molar-refractivity contribution >= 4 is 17.3 Å². The van der Waals surface area contributed by atoms with Gasteiger partial charge in [-0.15, -0.1) is 11.8 Å². The van der Waals surface area contributed by atoms with Crippen LogP contribution in [0.25, 0.3) is 0 Å². The van der Waals surface area contributed by atoms with Crippen LogP contribution in [0.15, 0.2) is 29.3 Å². The quantitative estimate of drug-likeness (QED) is 0.718. The van der Waals surface area contributed by atoms with Crippen LogP contribution < -0.4 is 0 Å². The van der Waals surface area contributed by atoms with Gasteiger partial charge in [-0.1, -0.05) is 38.1 Å². The van der Waals surface area contributed by atoms with Gasteiger partial charge >= 0.3 is 0 Å². The minimum atomic E-state index is 0.550. The Morgan fingerprint density at radius 1 is 1.36 bits per heavy atom. The summed E-state index contributed by atoms with van der Waals surface area (Å²) < 4.78 is 0. The maximum atomic E-state index is 4.28. The van der Waals surface area contributed by atoms with E-state index in [9.17, 15) is 0 Å². The molecule has 0 radical (unpaired) electrons. The molecule has 1 unspecified atom stereocenters. The first kappa shape index (κ1) is 9.78. The minimum Gasteiger partial charge on any atom is -0.285 e. The molecule has 14 heavy (non-hydrogen) atoms. The van der Waals surface area contributed by atoms with Crippen LogP contribution in [0.2, 0.25) is 0 Å². The lowest BCUT2D eigenvalue weighted by atomic mass is 9.95. The second-order valence-electron chi connectivity index (χ2n) is 3.88. The molecule has 2 heteroatoms. The van der Waals surface area contributed by atoms with Gasteiger partial charge < -0.3 is 0 Å². The summed E-state index contributed by atoms with van der Waals surface area (Å²) in [5.41, 5.74) is 4.90. The monoisotopic (exact) mass is 205 g/mol. The van der Waals surface area contributed by atoms with Gasteiger partial charge in [0.1, 0.15) is 0 Å². The van der Waals surface area contributed by atoms with Crippen molar-refractivity contribution in [2.24, 2.45) is 4.99 Å². The molecule has 0 aliphatic carbocycles. The fourth-order valence-electron chi connectivity index (χ4n) is 1.80. The van der Waals surface area contributed by atoms with E-state index < -0.39 is 0 Å². The molecule has 1 atom stereocenters. The van der Waals surface area contributed by atoms with Gasteiger partial charge in [-0.05, 0) is 17.0 Å². The van der Waals surface area contributed by atoms with E-state index in [0.717, 1.165) is 6.54 Å². The summed E-state index contributed by atoms with van der Waals surface area (Å²) in [6, 6.07) is 8.72. The molecule has 74 valence electrons. The number of benzene rings is 1. The van der Waals surface area contributed by atoms with E-state index in [-0.39, 0.29) is 0 Å². The Balaban J connectivity index is 2.31. The molecule has 1 nitrogen and oxygen atoms in total. The highest BCUT2D eigenvalue weighted by molar-refractivity contribution is 8.12. The van der Waals surface area contributed by atoms with Crippen LogP contribution in [0.1, 0.15) is 36.1 Å². The highest BCUT2D eigenvalue weighted by Gasteiger charge is 2.18. The molecule has 1 aromatic carbocycles. The summed E-state index contributed by atoms with van der Waals surface area (Å²) >= 11 is 1.84. The molecule has 1 aromatic rings. The second kappa shape index (κ2) is 4.18. The minimum absolute atomic E-state index is 0.550. The van der Waals surface area contributed by atoms with Crippen LogP contribution in [-0.4, -0.2) is 12.1 Å². The number of rotatable bonds is 2. The lowest BCUT2D eigenvalue weighted by Gasteiger charge is -2.16. The summed E-state index contributed by atoms with van der Waals surface area (Å²) in [5.74, 6) is 0.604. The highest BCUT2D eigenvalue weighted by Crippen LogP contribution is 2.35. The zero-order chi connectivity index (χ0) is 9.97. The average molecular weight is 205 g/mol. The van der Waals surface area contributed by atoms with E-state index in [1.165, 1.54) is 11.1 Å². The van der Waals surface area contributed by atoms with E-state index in [2.05, 4.69) is 43.1 Å². The fraction of sp³-hybridized carbons (Fsp3) is 0.417. The molecule has 0 saturated carbocycles. The van der Waals surface area contributed by atoms with E-state index in [4.69, 9.17) is 0 Å². The van der Waals surface area contributed by atoms with Crippen molar-refractivity contribution < 1.29 is 0 Å². The maximum Gasteiger partial charge on any atom is 0.0559 e. The number of hydrogen-bond donors (Lipinski definition) is 0. The maximum absolute atomic E-state index is 4.28. The van der Waals surface area contributed by atoms with Crippen LogP contribution in [0.3, 0.4) is 0 Å². The molecule has 0 spiro atoms. The first-order valence-electron chi connectivity index (χ1n) is 5.01. The molecular weight excluding hydrogens is 190 g/mol. The van der Waals surface area contributed by atoms with Gasteiger partial charge in [0, 0.05) is 0 Å². The third kappa shape index (κ3) is 1.85. The lowest BCUT2D eigenvalue weighted by Crippen LogP contribution is -2.01. The van der Waals surface area contributed by atoms with Crippen LogP contribution in [0.4, 0.5) is 0 Å². The lowest BCUT2D eigenvalue weighted by molar-refractivity contribution is 0.830. The largest absolute Gasteiger partial charge is 0.285 e. The Morgan fingerprint density at radius 3 is 2.79 bits per heavy atom. The molecule has 0 N–H and O–H groups in total. The first-order valence-corrected chi connectivity index (χ1v) is 5.96. The number of hydrogen-bond acceptors (Lipinski definition) is 2. The molecule has 0 amide bonds. The van der Waals surface area contributed by atoms with E-state index in [0.29, 0.717) is 11.2 Å². The molecule has 0 aromatic heterocycles. The van der Waals surface area contributed by atoms with Gasteiger partial charge in [0.25, 0.3) is 0 Å². The molecule has 1 aliphatic heterocycles. The Labute approximate surface area is 89.6 Å². The highest BCUT2D eigenvalue weighted by atomic mass is 32.2. The van der Waals surface area contributed by atoms with E-state index >= 15 is 0 Å². The summed E-state index contributed by atoms with van der Waals surface area (Å²) in [5, 5.41) is 0.550. The van der Waals surface area contributed by atoms with Crippen molar-refractivity contribution in [2.45, 2.75) is 25.0 Å². The number of thioether (sulfide) groups is 1. The van der Waals surface area contributed by atoms with Crippen LogP contribution in [0.5, 0.6) is 0 Å². The third-order valence-electron chi connectivity index (χ3n) is 2.54. The van der Waals surface area contributed by atoms with Gasteiger partial charge in [0.05, 0.1) is 17.3 Å². The Morgan fingerprint density at radius 2 is 2.14 bits per heavy atom. The molecule has 0 bridgehead atoms. The van der Waals surface area contributed by atoms with Crippen molar-refractivity contribution in [3.05, 3.63) is 35.4 Å². The van der Waals surface area contributed by atoms with Gasteiger partial charge in [-0.2, -0.15) is 0 Å². The summed E-state index contributed by atoms with van der Waals surface area (Å²) in [4.78, 5) is 4.28. The first-order chi connectivity index (χ1) is 6.79. The molecule has 0 fully saturated rings. The van der Waals surface area contributed by atoms with Gasteiger partial charge in [0.15, 0.2) is 0 Å². The number of aliphatic imine (C=N–C) groups is 1. The topological polar surface area (TPSA) is 12.4 Å². The normalized spacial score (nSPS) is 20.6. The van der Waals surface area contributed by atoms with Gasteiger partial charge in [-0.25, -0.2) is 0 Å². The molecule has 2 rings (SSSR count). The van der Waals surface area contributed by atoms with Crippen molar-refractivity contribution in [3.63, 3.8) is 0 Å². The zero-order valence-electron chi connectivity index (χ0n) is 8.60. The zero-order valence-corrected chi connectivity index (χ0v) is 9.42. The average Bonchev–Trinajstić information content (AvgIpc) is 2.70. The predicted molar refractivity (Wildman–Crippen MR) is 64.2 cm³/mol. The van der Waals surface area contributed by atoms with Crippen molar-refractivity contribution in [2.75, 3.05) is 6.54 Å². The van der Waals surface area contributed by atoms with Crippen molar-refractivity contribution in [3.8, 4) is 0 Å². The second-order valence-corrected chi connectivity index (χ2v) is 4.93. The van der Waals surface area contributed by atoms with E-state index in [1.54, 1.807) is 0 Å². The van der Waals surface area contributed by atoms with Crippen LogP contribution >= 0.6 is 11.8 Å². The molecular formula is C12H15NS. The molecule has 0 saturated heterocycles. The number of nitrogens with zero attached hydrogens (tertiary/aromatic N) is 1. The molecule has 1 heterocycles.